The molecule has 10 heavy (non-hydrogen) atoms. The minimum atomic E-state index is -0.733. The van der Waals surface area contributed by atoms with Gasteiger partial charge < -0.3 is 0 Å². The summed E-state index contributed by atoms with van der Waals surface area (Å²) in [5.41, 5.74) is 2.28. The minimum absolute atomic E-state index is 0.375. The van der Waals surface area contributed by atoms with Crippen LogP contribution >= 0.6 is 0 Å². The van der Waals surface area contributed by atoms with Gasteiger partial charge in [0.05, 0.1) is 18.2 Å². The largest absolute Gasteiger partial charge is 0.217 e. The molecule has 0 aliphatic heterocycles. The van der Waals surface area contributed by atoms with Gasteiger partial charge in [-0.1, -0.05) is 0 Å². The number of hydrogen-bond acceptors (Lipinski definition) is 5. The van der Waals surface area contributed by atoms with E-state index in [-0.39, 0.29) is 6.04 Å². The summed E-state index contributed by atoms with van der Waals surface area (Å²) in [6, 6.07) is 3.18. The molecule has 0 amide bonds. The second-order valence-corrected chi connectivity index (χ2v) is 1.76. The molecule has 0 aliphatic carbocycles. The highest BCUT2D eigenvalue weighted by Gasteiger charge is 2.14. The maximum atomic E-state index is 8.31. The first-order valence-corrected chi connectivity index (χ1v) is 2.66. The van der Waals surface area contributed by atoms with Gasteiger partial charge in [-0.05, 0) is 6.92 Å². The van der Waals surface area contributed by atoms with Crippen molar-refractivity contribution < 1.29 is 4.94 Å². The fourth-order valence-corrected chi connectivity index (χ4v) is 0.428. The first-order valence-electron chi connectivity index (χ1n) is 2.66. The van der Waals surface area contributed by atoms with Gasteiger partial charge in [-0.15, -0.1) is 0 Å². The van der Waals surface area contributed by atoms with E-state index in [2.05, 4.69) is 16.3 Å². The Morgan fingerprint density at radius 2 is 2.00 bits per heavy atom. The van der Waals surface area contributed by atoms with Crippen LogP contribution in [0, 0.1) is 28.6 Å². The average Bonchev–Trinajstić information content (AvgIpc) is 1.91. The van der Waals surface area contributed by atoms with Gasteiger partial charge in [-0.2, -0.15) is 21.9 Å². The van der Waals surface area contributed by atoms with Gasteiger partial charge in [-0.25, -0.2) is 4.94 Å². The van der Waals surface area contributed by atoms with Crippen molar-refractivity contribution in [3.8, 4) is 12.1 Å². The second kappa shape index (κ2) is 4.71. The monoisotopic (exact) mass is 140 g/mol. The molecule has 0 rings (SSSR count). The molecule has 1 unspecified atom stereocenters. The summed E-state index contributed by atoms with van der Waals surface area (Å²) < 4.78 is 0. The van der Waals surface area contributed by atoms with Crippen LogP contribution in [-0.2, 0) is 4.94 Å². The number of hydroxylamine groups is 1. The van der Waals surface area contributed by atoms with E-state index in [1.54, 1.807) is 19.1 Å². The molecule has 0 bridgehead atoms. The highest BCUT2D eigenvalue weighted by Crippen LogP contribution is 1.98. The minimum Gasteiger partial charge on any atom is -0.217 e. The van der Waals surface area contributed by atoms with Gasteiger partial charge in [0.15, 0.2) is 5.92 Å². The Morgan fingerprint density at radius 1 is 1.50 bits per heavy atom. The Balaban J connectivity index is 3.83. The molecular weight excluding hydrogens is 132 g/mol. The normalized spacial score (nSPS) is 12.1. The highest BCUT2D eigenvalue weighted by atomic mass is 16.8. The Hall–Kier alpha value is -1.14. The van der Waals surface area contributed by atoms with Crippen molar-refractivity contribution in [3.05, 3.63) is 0 Å². The number of hydrogen-bond donors (Lipinski definition) is 2. The lowest BCUT2D eigenvalue weighted by Crippen LogP contribution is -2.34. The molecular formula is C5H8N4O. The van der Waals surface area contributed by atoms with Crippen LogP contribution in [0.5, 0.6) is 0 Å². The van der Waals surface area contributed by atoms with Crippen LogP contribution in [0.1, 0.15) is 6.92 Å². The maximum absolute atomic E-state index is 8.31. The van der Waals surface area contributed by atoms with E-state index in [9.17, 15) is 0 Å². The summed E-state index contributed by atoms with van der Waals surface area (Å²) in [5, 5.41) is 16.6. The molecule has 0 fully saturated rings. The van der Waals surface area contributed by atoms with E-state index < -0.39 is 5.92 Å². The van der Waals surface area contributed by atoms with Crippen LogP contribution < -0.4 is 11.4 Å². The predicted octanol–water partition coefficient (Wildman–Crippen LogP) is -0.567. The number of nitriles is 2. The smallest absolute Gasteiger partial charge is 0.150 e. The zero-order chi connectivity index (χ0) is 7.98. The van der Waals surface area contributed by atoms with E-state index in [1.807, 2.05) is 0 Å². The average molecular weight is 140 g/mol. The maximum Gasteiger partial charge on any atom is 0.150 e. The number of nitrogens with zero attached hydrogens (tertiary/aromatic N) is 2. The van der Waals surface area contributed by atoms with Crippen molar-refractivity contribution in [2.75, 3.05) is 0 Å². The van der Waals surface area contributed by atoms with Crippen molar-refractivity contribution in [2.45, 2.75) is 13.0 Å². The molecule has 5 heteroatoms. The predicted molar refractivity (Wildman–Crippen MR) is 32.6 cm³/mol. The first-order chi connectivity index (χ1) is 4.76. The molecule has 0 heterocycles. The lowest BCUT2D eigenvalue weighted by atomic mass is 10.1. The quantitative estimate of drug-likeness (QED) is 0.512. The Labute approximate surface area is 58.9 Å². The summed E-state index contributed by atoms with van der Waals surface area (Å²) >= 11 is 0. The second-order valence-electron chi connectivity index (χ2n) is 1.76. The number of rotatable bonds is 3. The van der Waals surface area contributed by atoms with E-state index in [0.717, 1.165) is 0 Å². The summed E-state index contributed by atoms with van der Waals surface area (Å²) in [6.07, 6.45) is 0. The number of nitrogens with two attached hydrogens (primary N) is 1. The molecule has 3 N–H and O–H groups in total. The van der Waals surface area contributed by atoms with Gasteiger partial charge in [0.1, 0.15) is 0 Å². The van der Waals surface area contributed by atoms with Crippen LogP contribution in [0.15, 0.2) is 0 Å². The fraction of sp³-hybridized carbons (Fsp3) is 0.600. The summed E-state index contributed by atoms with van der Waals surface area (Å²) in [6.45, 7) is 1.63. The molecule has 5 nitrogen and oxygen atoms in total. The van der Waals surface area contributed by atoms with E-state index in [4.69, 9.17) is 10.5 Å². The Bertz CT molecular complexity index is 153. The van der Waals surface area contributed by atoms with Crippen molar-refractivity contribution in [2.24, 2.45) is 11.8 Å². The summed E-state index contributed by atoms with van der Waals surface area (Å²) in [5.74, 6) is 3.91. The molecule has 54 valence electrons. The van der Waals surface area contributed by atoms with Crippen LogP contribution in [0.2, 0.25) is 0 Å². The molecule has 0 aromatic heterocycles. The van der Waals surface area contributed by atoms with Crippen molar-refractivity contribution in [3.63, 3.8) is 0 Å². The topological polar surface area (TPSA) is 94.9 Å². The van der Waals surface area contributed by atoms with Gasteiger partial charge in [-0.3, -0.25) is 0 Å². The zero-order valence-electron chi connectivity index (χ0n) is 5.53. The standard InChI is InChI=1S/C5H8N4O/c1-4(9-10-8)5(2-6)3-7/h4-5,9H,8H2,1H3. The fourth-order valence-electron chi connectivity index (χ4n) is 0.428. The van der Waals surface area contributed by atoms with E-state index in [0.29, 0.717) is 0 Å². The van der Waals surface area contributed by atoms with Crippen molar-refractivity contribution in [1.82, 2.24) is 5.48 Å². The first kappa shape index (κ1) is 8.86. The van der Waals surface area contributed by atoms with Gasteiger partial charge in [0, 0.05) is 0 Å². The highest BCUT2D eigenvalue weighted by molar-refractivity contribution is 5.03. The van der Waals surface area contributed by atoms with E-state index in [1.165, 1.54) is 0 Å². The lowest BCUT2D eigenvalue weighted by molar-refractivity contribution is 0.0148. The molecule has 0 aromatic rings. The van der Waals surface area contributed by atoms with E-state index >= 15 is 0 Å². The summed E-state index contributed by atoms with van der Waals surface area (Å²) in [4.78, 5) is 4.04. The van der Waals surface area contributed by atoms with Crippen molar-refractivity contribution >= 4 is 0 Å². The third-order valence-electron chi connectivity index (χ3n) is 1.03. The van der Waals surface area contributed by atoms with Crippen LogP contribution in [-0.4, -0.2) is 6.04 Å². The lowest BCUT2D eigenvalue weighted by Gasteiger charge is -2.09. The number of nitrogens with one attached hydrogen (secondary N) is 1. The third-order valence-corrected chi connectivity index (χ3v) is 1.03. The van der Waals surface area contributed by atoms with Crippen LogP contribution in [0.4, 0.5) is 0 Å². The Morgan fingerprint density at radius 3 is 2.30 bits per heavy atom. The SMILES string of the molecule is CC(NON)C(C#N)C#N. The van der Waals surface area contributed by atoms with Gasteiger partial charge >= 0.3 is 0 Å². The third kappa shape index (κ3) is 2.42. The zero-order valence-corrected chi connectivity index (χ0v) is 5.53. The summed E-state index contributed by atoms with van der Waals surface area (Å²) in [7, 11) is 0. The van der Waals surface area contributed by atoms with Crippen molar-refractivity contribution in [1.29, 1.82) is 10.5 Å². The van der Waals surface area contributed by atoms with Crippen LogP contribution in [0.3, 0.4) is 0 Å². The van der Waals surface area contributed by atoms with Gasteiger partial charge in [0.25, 0.3) is 0 Å². The van der Waals surface area contributed by atoms with Gasteiger partial charge in [0.2, 0.25) is 0 Å². The molecule has 0 saturated heterocycles. The molecule has 0 aliphatic rings. The Kier molecular flexibility index (Phi) is 4.17. The molecule has 1 atom stereocenters. The van der Waals surface area contributed by atoms with Crippen LogP contribution in [0.25, 0.3) is 0 Å². The molecule has 0 saturated carbocycles. The molecule has 0 radical (unpaired) electrons. The molecule has 0 aromatic carbocycles. The molecule has 0 spiro atoms.